The minimum Gasteiger partial charge on any atom is -0.496 e. The fourth-order valence-corrected chi connectivity index (χ4v) is 4.07. The second kappa shape index (κ2) is 8.69. The van der Waals surface area contributed by atoms with Gasteiger partial charge in [-0.3, -0.25) is 9.36 Å². The molecule has 29 heavy (non-hydrogen) atoms. The van der Waals surface area contributed by atoms with Gasteiger partial charge in [-0.2, -0.15) is 0 Å². The van der Waals surface area contributed by atoms with Crippen LogP contribution in [0.25, 0.3) is 5.69 Å². The molecule has 1 amide bonds. The highest BCUT2D eigenvalue weighted by Crippen LogP contribution is 2.41. The number of ether oxygens (including phenoxy) is 1. The standard InChI is InChI=1S/C22H24N4O2S/c1-15(21(27)23-14-17-8-6-7-11-19(17)28-2)29-22-25-24-20(16-12-13-16)26(22)18-9-4-3-5-10-18/h3-11,15-16H,12-14H2,1-2H3,(H,23,27)/t15-/m1/s1. The van der Waals surface area contributed by atoms with E-state index in [1.54, 1.807) is 7.11 Å². The van der Waals surface area contributed by atoms with Crippen LogP contribution in [0, 0.1) is 0 Å². The van der Waals surface area contributed by atoms with Crippen LogP contribution in [0.5, 0.6) is 5.75 Å². The predicted molar refractivity (Wildman–Crippen MR) is 113 cm³/mol. The molecule has 1 N–H and O–H groups in total. The molecule has 0 radical (unpaired) electrons. The summed E-state index contributed by atoms with van der Waals surface area (Å²) >= 11 is 1.43. The van der Waals surface area contributed by atoms with Crippen LogP contribution in [0.3, 0.4) is 0 Å². The van der Waals surface area contributed by atoms with Gasteiger partial charge in [-0.05, 0) is 38.0 Å². The van der Waals surface area contributed by atoms with Gasteiger partial charge in [0.1, 0.15) is 11.6 Å². The van der Waals surface area contributed by atoms with Crippen molar-refractivity contribution in [3.8, 4) is 11.4 Å². The molecule has 1 aliphatic carbocycles. The Morgan fingerprint density at radius 2 is 1.90 bits per heavy atom. The number of rotatable bonds is 8. The zero-order chi connectivity index (χ0) is 20.2. The van der Waals surface area contributed by atoms with Crippen molar-refractivity contribution in [1.29, 1.82) is 0 Å². The van der Waals surface area contributed by atoms with Gasteiger partial charge in [0.2, 0.25) is 5.91 Å². The van der Waals surface area contributed by atoms with Crippen LogP contribution in [-0.2, 0) is 11.3 Å². The second-order valence-corrected chi connectivity index (χ2v) is 8.38. The number of para-hydroxylation sites is 2. The van der Waals surface area contributed by atoms with Crippen LogP contribution < -0.4 is 10.1 Å². The number of aromatic nitrogens is 3. The molecule has 0 aliphatic heterocycles. The molecule has 1 aliphatic rings. The van der Waals surface area contributed by atoms with E-state index in [2.05, 4.69) is 20.1 Å². The number of benzene rings is 2. The normalized spacial score (nSPS) is 14.4. The number of methoxy groups -OCH3 is 1. The van der Waals surface area contributed by atoms with E-state index in [1.165, 1.54) is 11.8 Å². The van der Waals surface area contributed by atoms with Crippen molar-refractivity contribution in [3.63, 3.8) is 0 Å². The maximum atomic E-state index is 12.7. The largest absolute Gasteiger partial charge is 0.496 e. The van der Waals surface area contributed by atoms with E-state index in [9.17, 15) is 4.79 Å². The quantitative estimate of drug-likeness (QED) is 0.572. The minimum atomic E-state index is -0.302. The molecule has 0 unspecified atom stereocenters. The Kier molecular flexibility index (Phi) is 5.85. The van der Waals surface area contributed by atoms with Crippen LogP contribution >= 0.6 is 11.8 Å². The van der Waals surface area contributed by atoms with Crippen LogP contribution in [0.2, 0.25) is 0 Å². The molecule has 2 aromatic carbocycles. The molecule has 1 saturated carbocycles. The summed E-state index contributed by atoms with van der Waals surface area (Å²) in [6.45, 7) is 2.31. The first-order valence-electron chi connectivity index (χ1n) is 9.74. The number of amides is 1. The molecule has 0 saturated heterocycles. The first-order valence-corrected chi connectivity index (χ1v) is 10.6. The molecule has 4 rings (SSSR count). The SMILES string of the molecule is COc1ccccc1CNC(=O)[C@@H](C)Sc1nnc(C2CC2)n1-c1ccccc1. The Bertz CT molecular complexity index is 985. The third-order valence-electron chi connectivity index (χ3n) is 4.91. The number of hydrogen-bond acceptors (Lipinski definition) is 5. The number of hydrogen-bond donors (Lipinski definition) is 1. The smallest absolute Gasteiger partial charge is 0.233 e. The highest BCUT2D eigenvalue weighted by atomic mass is 32.2. The van der Waals surface area contributed by atoms with Gasteiger partial charge in [-0.1, -0.05) is 48.2 Å². The topological polar surface area (TPSA) is 69.0 Å². The molecule has 1 heterocycles. The Balaban J connectivity index is 1.47. The highest BCUT2D eigenvalue weighted by Gasteiger charge is 2.31. The predicted octanol–water partition coefficient (Wildman–Crippen LogP) is 3.95. The fraction of sp³-hybridized carbons (Fsp3) is 0.318. The van der Waals surface area contributed by atoms with E-state index in [1.807, 2.05) is 61.5 Å². The Morgan fingerprint density at radius 3 is 2.62 bits per heavy atom. The number of nitrogens with zero attached hydrogens (tertiary/aromatic N) is 3. The summed E-state index contributed by atoms with van der Waals surface area (Å²) in [7, 11) is 1.63. The molecule has 6 nitrogen and oxygen atoms in total. The monoisotopic (exact) mass is 408 g/mol. The van der Waals surface area contributed by atoms with Crippen molar-refractivity contribution in [2.75, 3.05) is 7.11 Å². The van der Waals surface area contributed by atoms with Crippen molar-refractivity contribution in [1.82, 2.24) is 20.1 Å². The maximum Gasteiger partial charge on any atom is 0.233 e. The molecule has 7 heteroatoms. The van der Waals surface area contributed by atoms with Crippen molar-refractivity contribution >= 4 is 17.7 Å². The summed E-state index contributed by atoms with van der Waals surface area (Å²) in [5, 5.41) is 12.3. The number of nitrogens with one attached hydrogen (secondary N) is 1. The summed E-state index contributed by atoms with van der Waals surface area (Å²) in [6.07, 6.45) is 2.29. The average Bonchev–Trinajstić information content (AvgIpc) is 3.53. The summed E-state index contributed by atoms with van der Waals surface area (Å²) in [4.78, 5) is 12.7. The van der Waals surface area contributed by atoms with Gasteiger partial charge in [0.05, 0.1) is 12.4 Å². The number of carbonyl (C=O) groups is 1. The van der Waals surface area contributed by atoms with Crippen molar-refractivity contribution in [2.24, 2.45) is 0 Å². The maximum absolute atomic E-state index is 12.7. The lowest BCUT2D eigenvalue weighted by atomic mass is 10.2. The van der Waals surface area contributed by atoms with Gasteiger partial charge in [0.25, 0.3) is 0 Å². The van der Waals surface area contributed by atoms with Gasteiger partial charge in [0.15, 0.2) is 5.16 Å². The van der Waals surface area contributed by atoms with Crippen LogP contribution in [0.4, 0.5) is 0 Å². The summed E-state index contributed by atoms with van der Waals surface area (Å²) in [5.41, 5.74) is 1.98. The van der Waals surface area contributed by atoms with Gasteiger partial charge < -0.3 is 10.1 Å². The van der Waals surface area contributed by atoms with Crippen LogP contribution in [0.1, 0.15) is 37.1 Å². The Hall–Kier alpha value is -2.80. The van der Waals surface area contributed by atoms with Crippen LogP contribution in [0.15, 0.2) is 59.8 Å². The first kappa shape index (κ1) is 19.5. The third-order valence-corrected chi connectivity index (χ3v) is 5.95. The first-order chi connectivity index (χ1) is 14.2. The molecular formula is C22H24N4O2S. The summed E-state index contributed by atoms with van der Waals surface area (Å²) in [6, 6.07) is 17.8. The van der Waals surface area contributed by atoms with E-state index < -0.39 is 0 Å². The van der Waals surface area contributed by atoms with Gasteiger partial charge in [0, 0.05) is 23.7 Å². The Labute approximate surface area is 174 Å². The number of thioether (sulfide) groups is 1. The molecular weight excluding hydrogens is 384 g/mol. The van der Waals surface area contributed by atoms with E-state index in [0.717, 1.165) is 40.8 Å². The zero-order valence-corrected chi connectivity index (χ0v) is 17.4. The van der Waals surface area contributed by atoms with E-state index in [4.69, 9.17) is 4.74 Å². The average molecular weight is 409 g/mol. The highest BCUT2D eigenvalue weighted by molar-refractivity contribution is 8.00. The van der Waals surface area contributed by atoms with Gasteiger partial charge in [-0.25, -0.2) is 0 Å². The second-order valence-electron chi connectivity index (χ2n) is 7.08. The molecule has 150 valence electrons. The van der Waals surface area contributed by atoms with Crippen molar-refractivity contribution in [3.05, 3.63) is 66.0 Å². The van der Waals surface area contributed by atoms with E-state index >= 15 is 0 Å². The molecule has 3 aromatic rings. The summed E-state index contributed by atoms with van der Waals surface area (Å²) < 4.78 is 7.44. The molecule has 1 atom stereocenters. The molecule has 0 spiro atoms. The Morgan fingerprint density at radius 1 is 1.17 bits per heavy atom. The lowest BCUT2D eigenvalue weighted by molar-refractivity contribution is -0.120. The van der Waals surface area contributed by atoms with Crippen molar-refractivity contribution in [2.45, 2.75) is 42.6 Å². The molecule has 1 aromatic heterocycles. The van der Waals surface area contributed by atoms with Gasteiger partial charge >= 0.3 is 0 Å². The lowest BCUT2D eigenvalue weighted by Crippen LogP contribution is -2.30. The lowest BCUT2D eigenvalue weighted by Gasteiger charge is -2.14. The molecule has 1 fully saturated rings. The van der Waals surface area contributed by atoms with Crippen LogP contribution in [-0.4, -0.2) is 33.0 Å². The molecule has 0 bridgehead atoms. The van der Waals surface area contributed by atoms with E-state index in [0.29, 0.717) is 12.5 Å². The zero-order valence-electron chi connectivity index (χ0n) is 16.5. The van der Waals surface area contributed by atoms with Gasteiger partial charge in [-0.15, -0.1) is 10.2 Å². The summed E-state index contributed by atoms with van der Waals surface area (Å²) in [5.74, 6) is 2.18. The third kappa shape index (κ3) is 4.45. The fourth-order valence-electron chi connectivity index (χ4n) is 3.17. The van der Waals surface area contributed by atoms with E-state index in [-0.39, 0.29) is 11.2 Å². The minimum absolute atomic E-state index is 0.0449. The number of carbonyl (C=O) groups excluding carboxylic acids is 1. The van der Waals surface area contributed by atoms with Crippen molar-refractivity contribution < 1.29 is 9.53 Å².